The van der Waals surface area contributed by atoms with Crippen LogP contribution in [0.25, 0.3) is 0 Å². The molecule has 3 rings (SSSR count). The Morgan fingerprint density at radius 1 is 1.14 bits per heavy atom. The Bertz CT molecular complexity index is 989. The highest BCUT2D eigenvalue weighted by atomic mass is 35.5. The fraction of sp³-hybridized carbons (Fsp3) is 0.350. The number of likely N-dealkylation sites (N-methyl/N-ethyl adjacent to an activating group) is 1. The number of carbonyl (C=O) groups is 1. The first-order valence-electron chi connectivity index (χ1n) is 9.33. The van der Waals surface area contributed by atoms with Gasteiger partial charge in [-0.1, -0.05) is 17.7 Å². The number of nitrogens with zero attached hydrogens (tertiary/aromatic N) is 2. The number of nitrogens with one attached hydrogen (secondary N) is 1. The van der Waals surface area contributed by atoms with Gasteiger partial charge in [-0.25, -0.2) is 8.42 Å². The third-order valence-electron chi connectivity index (χ3n) is 4.69. The van der Waals surface area contributed by atoms with E-state index in [-0.39, 0.29) is 15.5 Å². The van der Waals surface area contributed by atoms with Gasteiger partial charge >= 0.3 is 0 Å². The highest BCUT2D eigenvalue weighted by Gasteiger charge is 2.28. The summed E-state index contributed by atoms with van der Waals surface area (Å²) in [5.74, 6) is 0.141. The van der Waals surface area contributed by atoms with Crippen molar-refractivity contribution in [2.75, 3.05) is 45.2 Å². The fourth-order valence-electron chi connectivity index (χ4n) is 3.05. The second-order valence-electron chi connectivity index (χ2n) is 6.76. The minimum absolute atomic E-state index is 0.0553. The number of amides is 1. The van der Waals surface area contributed by atoms with Crippen molar-refractivity contribution in [3.05, 3.63) is 53.1 Å². The van der Waals surface area contributed by atoms with E-state index in [1.807, 2.05) is 14.0 Å². The van der Waals surface area contributed by atoms with E-state index in [1.165, 1.54) is 22.5 Å². The number of carbonyl (C=O) groups excluding carboxylic acids is 1. The second kappa shape index (κ2) is 9.13. The largest absolute Gasteiger partial charge is 0.494 e. The second-order valence-corrected chi connectivity index (χ2v) is 9.11. The molecule has 0 spiro atoms. The quantitative estimate of drug-likeness (QED) is 0.751. The zero-order valence-corrected chi connectivity index (χ0v) is 18.0. The maximum atomic E-state index is 13.0. The van der Waals surface area contributed by atoms with E-state index in [0.29, 0.717) is 44.2 Å². The van der Waals surface area contributed by atoms with Gasteiger partial charge in [-0.15, -0.1) is 0 Å². The molecule has 0 radical (unpaired) electrons. The van der Waals surface area contributed by atoms with E-state index in [2.05, 4.69) is 10.2 Å². The number of sulfonamides is 1. The molecule has 0 aromatic heterocycles. The molecule has 1 saturated heterocycles. The van der Waals surface area contributed by atoms with Crippen LogP contribution in [0.4, 0.5) is 5.69 Å². The topological polar surface area (TPSA) is 78.9 Å². The third kappa shape index (κ3) is 5.08. The van der Waals surface area contributed by atoms with Crippen LogP contribution in [-0.2, 0) is 10.0 Å². The molecular weight excluding hydrogens is 414 g/mol. The van der Waals surface area contributed by atoms with Crippen molar-refractivity contribution in [3.8, 4) is 5.75 Å². The Kier molecular flexibility index (Phi) is 6.79. The molecule has 0 bridgehead atoms. The lowest BCUT2D eigenvalue weighted by Crippen LogP contribution is -2.47. The molecule has 7 nitrogen and oxygen atoms in total. The van der Waals surface area contributed by atoms with Crippen LogP contribution in [0.2, 0.25) is 5.02 Å². The number of ether oxygens (including phenoxy) is 1. The molecule has 1 amide bonds. The van der Waals surface area contributed by atoms with Gasteiger partial charge in [0.1, 0.15) is 5.75 Å². The van der Waals surface area contributed by atoms with Gasteiger partial charge in [-0.05, 0) is 44.3 Å². The summed E-state index contributed by atoms with van der Waals surface area (Å²) < 4.78 is 32.8. The molecular formula is C20H24ClN3O4S. The minimum atomic E-state index is -3.70. The Morgan fingerprint density at radius 3 is 2.55 bits per heavy atom. The summed E-state index contributed by atoms with van der Waals surface area (Å²) in [6, 6.07) is 11.2. The number of rotatable bonds is 6. The molecule has 9 heteroatoms. The Hall–Kier alpha value is -2.13. The highest BCUT2D eigenvalue weighted by molar-refractivity contribution is 7.89. The zero-order valence-electron chi connectivity index (χ0n) is 16.4. The average Bonchev–Trinajstić information content (AvgIpc) is 2.69. The van der Waals surface area contributed by atoms with E-state index < -0.39 is 15.9 Å². The summed E-state index contributed by atoms with van der Waals surface area (Å²) in [4.78, 5) is 14.9. The van der Waals surface area contributed by atoms with Crippen molar-refractivity contribution in [2.24, 2.45) is 0 Å². The van der Waals surface area contributed by atoms with E-state index in [4.69, 9.17) is 16.3 Å². The molecule has 2 aromatic carbocycles. The normalized spacial score (nSPS) is 15.8. The molecule has 0 unspecified atom stereocenters. The third-order valence-corrected chi connectivity index (χ3v) is 6.91. The van der Waals surface area contributed by atoms with Crippen LogP contribution in [0.5, 0.6) is 5.75 Å². The fourth-order valence-corrected chi connectivity index (χ4v) is 4.70. The Morgan fingerprint density at radius 2 is 1.86 bits per heavy atom. The van der Waals surface area contributed by atoms with E-state index in [0.717, 1.165) is 0 Å². The van der Waals surface area contributed by atoms with Crippen molar-refractivity contribution in [1.82, 2.24) is 9.21 Å². The van der Waals surface area contributed by atoms with Crippen molar-refractivity contribution >= 4 is 33.2 Å². The summed E-state index contributed by atoms with van der Waals surface area (Å²) >= 11 is 6.19. The van der Waals surface area contributed by atoms with Gasteiger partial charge < -0.3 is 15.0 Å². The van der Waals surface area contributed by atoms with Gasteiger partial charge in [0, 0.05) is 37.9 Å². The van der Waals surface area contributed by atoms with Crippen LogP contribution >= 0.6 is 11.6 Å². The molecule has 1 aliphatic heterocycles. The summed E-state index contributed by atoms with van der Waals surface area (Å²) in [5, 5.41) is 2.92. The number of halogens is 1. The Labute approximate surface area is 176 Å². The minimum Gasteiger partial charge on any atom is -0.494 e. The van der Waals surface area contributed by atoms with Crippen LogP contribution in [-0.4, -0.2) is 63.4 Å². The van der Waals surface area contributed by atoms with Crippen molar-refractivity contribution < 1.29 is 17.9 Å². The predicted octanol–water partition coefficient (Wildman–Crippen LogP) is 2.93. The van der Waals surface area contributed by atoms with Gasteiger partial charge in [0.25, 0.3) is 5.91 Å². The van der Waals surface area contributed by atoms with Crippen LogP contribution in [0.15, 0.2) is 47.4 Å². The molecule has 0 aliphatic carbocycles. The highest BCUT2D eigenvalue weighted by Crippen LogP contribution is 2.25. The van der Waals surface area contributed by atoms with Crippen LogP contribution in [0.3, 0.4) is 0 Å². The Balaban J connectivity index is 1.83. The monoisotopic (exact) mass is 437 g/mol. The van der Waals surface area contributed by atoms with Crippen molar-refractivity contribution in [1.29, 1.82) is 0 Å². The van der Waals surface area contributed by atoms with Crippen molar-refractivity contribution in [2.45, 2.75) is 11.8 Å². The first-order valence-corrected chi connectivity index (χ1v) is 11.2. The lowest BCUT2D eigenvalue weighted by molar-refractivity contribution is 0.102. The molecule has 1 aliphatic rings. The molecule has 0 saturated carbocycles. The van der Waals surface area contributed by atoms with Crippen LogP contribution in [0.1, 0.15) is 17.3 Å². The molecule has 1 fully saturated rings. The molecule has 0 atom stereocenters. The summed E-state index contributed by atoms with van der Waals surface area (Å²) in [6.45, 7) is 4.53. The van der Waals surface area contributed by atoms with Gasteiger partial charge in [-0.3, -0.25) is 4.79 Å². The number of hydrogen-bond acceptors (Lipinski definition) is 5. The molecule has 1 N–H and O–H groups in total. The lowest BCUT2D eigenvalue weighted by Gasteiger charge is -2.31. The van der Waals surface area contributed by atoms with Gasteiger partial charge in [-0.2, -0.15) is 4.31 Å². The van der Waals surface area contributed by atoms with E-state index >= 15 is 0 Å². The van der Waals surface area contributed by atoms with Crippen molar-refractivity contribution in [3.63, 3.8) is 0 Å². The first kappa shape index (κ1) is 21.6. The first-order chi connectivity index (χ1) is 13.8. The smallest absolute Gasteiger partial charge is 0.257 e. The maximum Gasteiger partial charge on any atom is 0.257 e. The zero-order chi connectivity index (χ0) is 21.0. The maximum absolute atomic E-state index is 13.0. The number of hydrogen-bond donors (Lipinski definition) is 1. The number of benzene rings is 2. The summed E-state index contributed by atoms with van der Waals surface area (Å²) in [7, 11) is -1.74. The van der Waals surface area contributed by atoms with Gasteiger partial charge in [0.15, 0.2) is 0 Å². The molecule has 1 heterocycles. The lowest BCUT2D eigenvalue weighted by atomic mass is 10.2. The van der Waals surface area contributed by atoms with E-state index in [9.17, 15) is 13.2 Å². The standard InChI is InChI=1S/C20H24ClN3O4S/c1-3-28-16-6-4-5-15(13-16)22-20(25)18-14-17(7-8-19(18)21)29(26,27)24-11-9-23(2)10-12-24/h4-8,13-14H,3,9-12H2,1-2H3,(H,22,25). The number of piperazine rings is 1. The summed E-state index contributed by atoms with van der Waals surface area (Å²) in [6.07, 6.45) is 0. The van der Waals surface area contributed by atoms with Crippen LogP contribution in [0, 0.1) is 0 Å². The SMILES string of the molecule is CCOc1cccc(NC(=O)c2cc(S(=O)(=O)N3CCN(C)CC3)ccc2Cl)c1. The molecule has 2 aromatic rings. The predicted molar refractivity (Wildman–Crippen MR) is 113 cm³/mol. The van der Waals surface area contributed by atoms with E-state index in [1.54, 1.807) is 24.3 Å². The average molecular weight is 438 g/mol. The number of anilines is 1. The van der Waals surface area contributed by atoms with Gasteiger partial charge in [0.2, 0.25) is 10.0 Å². The molecule has 156 valence electrons. The van der Waals surface area contributed by atoms with Crippen LogP contribution < -0.4 is 10.1 Å². The molecule has 29 heavy (non-hydrogen) atoms. The summed E-state index contributed by atoms with van der Waals surface area (Å²) in [5.41, 5.74) is 0.632. The van der Waals surface area contributed by atoms with Gasteiger partial charge in [0.05, 0.1) is 22.1 Å².